The summed E-state index contributed by atoms with van der Waals surface area (Å²) in [6.45, 7) is 0. The molecular formula is C14H13F3O3. The minimum Gasteiger partial charge on any atom is -0.405 e. The number of Topliss-reactive ketones (excluding diaryl/α,β-unsaturated/α-hetero) is 1. The van der Waals surface area contributed by atoms with Gasteiger partial charge in [0.15, 0.2) is 5.78 Å². The Hall–Kier alpha value is -1.56. The summed E-state index contributed by atoms with van der Waals surface area (Å²) in [5, 5.41) is 0. The van der Waals surface area contributed by atoms with Crippen molar-refractivity contribution in [3.63, 3.8) is 0 Å². The van der Waals surface area contributed by atoms with E-state index < -0.39 is 12.1 Å². The summed E-state index contributed by atoms with van der Waals surface area (Å²) in [6.07, 6.45) is -2.58. The molecule has 3 rings (SSSR count). The molecule has 2 heterocycles. The number of carbonyl (C=O) groups excluding carboxylic acids is 1. The number of carbonyl (C=O) groups is 1. The van der Waals surface area contributed by atoms with Gasteiger partial charge >= 0.3 is 6.36 Å². The minimum absolute atomic E-state index is 0.0222. The Balaban J connectivity index is 1.84. The second kappa shape index (κ2) is 4.77. The number of ether oxygens (including phenoxy) is 2. The molecule has 0 radical (unpaired) electrons. The highest BCUT2D eigenvalue weighted by Gasteiger charge is 2.45. The van der Waals surface area contributed by atoms with Gasteiger partial charge in [-0.05, 0) is 31.4 Å². The van der Waals surface area contributed by atoms with E-state index in [1.165, 1.54) is 18.2 Å². The van der Waals surface area contributed by atoms with Gasteiger partial charge in [0.1, 0.15) is 5.75 Å². The summed E-state index contributed by atoms with van der Waals surface area (Å²) in [5.74, 6) is -1.11. The van der Waals surface area contributed by atoms with E-state index in [0.29, 0.717) is 6.42 Å². The molecule has 20 heavy (non-hydrogen) atoms. The van der Waals surface area contributed by atoms with Gasteiger partial charge in [-0.3, -0.25) is 4.79 Å². The molecule has 0 N–H and O–H groups in total. The van der Waals surface area contributed by atoms with Crippen LogP contribution in [0.1, 0.15) is 29.6 Å². The molecule has 0 aromatic heterocycles. The summed E-state index contributed by atoms with van der Waals surface area (Å²) < 4.78 is 46.6. The van der Waals surface area contributed by atoms with Crippen LogP contribution in [0.3, 0.4) is 0 Å². The van der Waals surface area contributed by atoms with E-state index in [1.54, 1.807) is 0 Å². The van der Waals surface area contributed by atoms with Crippen LogP contribution in [0.5, 0.6) is 5.75 Å². The molecule has 0 saturated carbocycles. The quantitative estimate of drug-likeness (QED) is 0.799. The highest BCUT2D eigenvalue weighted by atomic mass is 19.4. The van der Waals surface area contributed by atoms with Crippen molar-refractivity contribution >= 4 is 5.78 Å². The predicted molar refractivity (Wildman–Crippen MR) is 63.5 cm³/mol. The molecule has 1 aromatic rings. The lowest BCUT2D eigenvalue weighted by atomic mass is 9.83. The molecule has 3 nitrogen and oxygen atoms in total. The third-order valence-electron chi connectivity index (χ3n) is 3.82. The summed E-state index contributed by atoms with van der Waals surface area (Å²) in [4.78, 5) is 12.4. The van der Waals surface area contributed by atoms with Gasteiger partial charge in [0.25, 0.3) is 0 Å². The lowest BCUT2D eigenvalue weighted by molar-refractivity contribution is -0.274. The zero-order chi connectivity index (χ0) is 14.3. The van der Waals surface area contributed by atoms with Crippen LogP contribution in [0.2, 0.25) is 0 Å². The number of hydrogen-bond donors (Lipinski definition) is 0. The lowest BCUT2D eigenvalue weighted by Gasteiger charge is -2.19. The Labute approximate surface area is 113 Å². The van der Waals surface area contributed by atoms with Gasteiger partial charge in [-0.2, -0.15) is 0 Å². The molecule has 0 amide bonds. The van der Waals surface area contributed by atoms with E-state index in [2.05, 4.69) is 4.74 Å². The molecule has 3 atom stereocenters. The zero-order valence-electron chi connectivity index (χ0n) is 10.5. The van der Waals surface area contributed by atoms with Gasteiger partial charge < -0.3 is 9.47 Å². The number of para-hydroxylation sites is 1. The second-order valence-corrected chi connectivity index (χ2v) is 5.12. The van der Waals surface area contributed by atoms with Crippen LogP contribution in [0.15, 0.2) is 24.3 Å². The van der Waals surface area contributed by atoms with E-state index in [4.69, 9.17) is 4.74 Å². The first-order chi connectivity index (χ1) is 9.44. The van der Waals surface area contributed by atoms with Crippen LogP contribution in [-0.2, 0) is 4.74 Å². The average molecular weight is 286 g/mol. The number of halogens is 3. The number of ketones is 1. The number of fused-ring (bicyclic) bond motifs is 2. The lowest BCUT2D eigenvalue weighted by Crippen LogP contribution is -2.27. The highest BCUT2D eigenvalue weighted by Crippen LogP contribution is 2.41. The first-order valence-electron chi connectivity index (χ1n) is 6.48. The molecule has 0 aliphatic carbocycles. The van der Waals surface area contributed by atoms with Gasteiger partial charge in [-0.1, -0.05) is 12.1 Å². The van der Waals surface area contributed by atoms with E-state index in [9.17, 15) is 18.0 Å². The molecule has 1 aromatic carbocycles. The maximum absolute atomic E-state index is 12.4. The molecule has 2 saturated heterocycles. The Morgan fingerprint density at radius 2 is 2.00 bits per heavy atom. The summed E-state index contributed by atoms with van der Waals surface area (Å²) >= 11 is 0. The van der Waals surface area contributed by atoms with Gasteiger partial charge in [-0.15, -0.1) is 13.2 Å². The fourth-order valence-corrected chi connectivity index (χ4v) is 3.00. The Kier molecular flexibility index (Phi) is 3.20. The van der Waals surface area contributed by atoms with Crippen molar-refractivity contribution in [3.05, 3.63) is 29.8 Å². The second-order valence-electron chi connectivity index (χ2n) is 5.12. The van der Waals surface area contributed by atoms with Crippen LogP contribution >= 0.6 is 0 Å². The SMILES string of the molecule is O=C(c1ccccc1OC(F)(F)F)C1CC2CCC1O2. The first-order valence-corrected chi connectivity index (χ1v) is 6.48. The maximum Gasteiger partial charge on any atom is 0.573 e. The minimum atomic E-state index is -4.80. The average Bonchev–Trinajstić information content (AvgIpc) is 2.99. The van der Waals surface area contributed by atoms with Crippen molar-refractivity contribution in [1.29, 1.82) is 0 Å². The number of benzene rings is 1. The van der Waals surface area contributed by atoms with Crippen molar-refractivity contribution in [3.8, 4) is 5.75 Å². The number of alkyl halides is 3. The topological polar surface area (TPSA) is 35.5 Å². The molecular weight excluding hydrogens is 273 g/mol. The Morgan fingerprint density at radius 3 is 2.60 bits per heavy atom. The molecule has 0 spiro atoms. The highest BCUT2D eigenvalue weighted by molar-refractivity contribution is 6.00. The largest absolute Gasteiger partial charge is 0.573 e. The fourth-order valence-electron chi connectivity index (χ4n) is 3.00. The van der Waals surface area contributed by atoms with Gasteiger partial charge in [0, 0.05) is 0 Å². The standard InChI is InChI=1S/C14H13F3O3/c15-14(16,17)20-12-4-2-1-3-9(12)13(18)10-7-8-5-6-11(10)19-8/h1-4,8,10-11H,5-7H2. The third kappa shape index (κ3) is 2.52. The van der Waals surface area contributed by atoms with Crippen LogP contribution in [-0.4, -0.2) is 24.4 Å². The fraction of sp³-hybridized carbons (Fsp3) is 0.500. The van der Waals surface area contributed by atoms with Crippen LogP contribution in [0.4, 0.5) is 13.2 Å². The summed E-state index contributed by atoms with van der Waals surface area (Å²) in [6, 6.07) is 5.48. The molecule has 2 aliphatic rings. The molecule has 3 unspecified atom stereocenters. The van der Waals surface area contributed by atoms with Crippen molar-refractivity contribution in [2.24, 2.45) is 5.92 Å². The van der Waals surface area contributed by atoms with E-state index in [-0.39, 0.29) is 29.5 Å². The van der Waals surface area contributed by atoms with Crippen molar-refractivity contribution in [1.82, 2.24) is 0 Å². The predicted octanol–water partition coefficient (Wildman–Crippen LogP) is 3.34. The van der Waals surface area contributed by atoms with Crippen molar-refractivity contribution < 1.29 is 27.4 Å². The number of rotatable bonds is 3. The third-order valence-corrected chi connectivity index (χ3v) is 3.82. The zero-order valence-corrected chi connectivity index (χ0v) is 10.5. The first kappa shape index (κ1) is 13.4. The van der Waals surface area contributed by atoms with Crippen LogP contribution < -0.4 is 4.74 Å². The van der Waals surface area contributed by atoms with E-state index in [1.807, 2.05) is 0 Å². The molecule has 2 bridgehead atoms. The summed E-state index contributed by atoms with van der Waals surface area (Å²) in [5.41, 5.74) is -0.0222. The molecule has 108 valence electrons. The van der Waals surface area contributed by atoms with Gasteiger partial charge in [0.05, 0.1) is 23.7 Å². The van der Waals surface area contributed by atoms with E-state index >= 15 is 0 Å². The molecule has 2 aliphatic heterocycles. The van der Waals surface area contributed by atoms with Crippen LogP contribution in [0, 0.1) is 5.92 Å². The van der Waals surface area contributed by atoms with Crippen molar-refractivity contribution in [2.75, 3.05) is 0 Å². The molecule has 6 heteroatoms. The van der Waals surface area contributed by atoms with Gasteiger partial charge in [0.2, 0.25) is 0 Å². The smallest absolute Gasteiger partial charge is 0.405 e. The van der Waals surface area contributed by atoms with Crippen LogP contribution in [0.25, 0.3) is 0 Å². The van der Waals surface area contributed by atoms with Gasteiger partial charge in [-0.25, -0.2) is 0 Å². The van der Waals surface area contributed by atoms with Crippen molar-refractivity contribution in [2.45, 2.75) is 37.8 Å². The number of hydrogen-bond acceptors (Lipinski definition) is 3. The summed E-state index contributed by atoms with van der Waals surface area (Å²) in [7, 11) is 0. The normalized spacial score (nSPS) is 28.6. The Bertz CT molecular complexity index is 527. The maximum atomic E-state index is 12.4. The van der Waals surface area contributed by atoms with E-state index in [0.717, 1.165) is 18.9 Å². The Morgan fingerprint density at radius 1 is 1.25 bits per heavy atom. The molecule has 2 fully saturated rings. The monoisotopic (exact) mass is 286 g/mol.